The Morgan fingerprint density at radius 3 is 1.33 bits per heavy atom. The fraction of sp³-hybridized carbons (Fsp3) is 0.143. The molecule has 0 heterocycles. The predicted molar refractivity (Wildman–Crippen MR) is 216 cm³/mol. The molecule has 0 radical (unpaired) electrons. The number of nitrogens with two attached hydrogens (primary N) is 2. The summed E-state index contributed by atoms with van der Waals surface area (Å²) < 4.78 is 220. The predicted octanol–water partition coefficient (Wildman–Crippen LogP) is 3.02. The van der Waals surface area contributed by atoms with E-state index < -0.39 is 155 Å². The third-order valence-corrected chi connectivity index (χ3v) is 14.5. The van der Waals surface area contributed by atoms with E-state index in [1.165, 1.54) is 0 Å². The molecule has 0 saturated carbocycles. The number of nitrogen functional groups attached to an aromatic ring is 2. The number of sulfone groups is 2. The smallest absolute Gasteiger partial charge is 0.395 e. The van der Waals surface area contributed by atoms with Crippen molar-refractivity contribution in [2.45, 2.75) is 24.5 Å². The van der Waals surface area contributed by atoms with Crippen LogP contribution < -0.4 is 11.5 Å². The Balaban J connectivity index is 1.87. The van der Waals surface area contributed by atoms with Gasteiger partial charge in [-0.25, -0.2) is 25.2 Å². The van der Waals surface area contributed by atoms with Crippen molar-refractivity contribution in [1.82, 2.24) is 0 Å². The van der Waals surface area contributed by atoms with Gasteiger partial charge < -0.3 is 11.5 Å². The van der Waals surface area contributed by atoms with Crippen molar-refractivity contribution in [1.29, 1.82) is 0 Å². The SMILES string of the molecule is Nc1c(N=Nc2cc(S(=O)(=O)O)ccc2S(=O)(=O)O)cc(N=Nc2ccc(S(=O)(=O)CCOS(=O)(=O)O)cc2S(=O)(=O)O)c(N)c1N=Nc1ccc(S(=O)(=O)CCOS(=O)(=O)O)cc1. The zero-order valence-corrected chi connectivity index (χ0v) is 36.9. The van der Waals surface area contributed by atoms with Gasteiger partial charge in [0.05, 0.1) is 56.5 Å². The highest BCUT2D eigenvalue weighted by Gasteiger charge is 2.25. The molecule has 0 unspecified atom stereocenters. The number of azo groups is 3. The Morgan fingerprint density at radius 1 is 0.422 bits per heavy atom. The number of nitrogens with zero attached hydrogens (tertiary/aromatic N) is 6. The minimum atomic E-state index is -5.34. The van der Waals surface area contributed by atoms with Gasteiger partial charge in [-0.2, -0.15) is 47.2 Å². The number of anilines is 2. The van der Waals surface area contributed by atoms with Gasteiger partial charge in [-0.05, 0) is 66.7 Å². The lowest BCUT2D eigenvalue weighted by molar-refractivity contribution is 0.282. The lowest BCUT2D eigenvalue weighted by atomic mass is 10.2. The standard InChI is InChI=1S/C28H28N8O21S7/c29-26-22(34-32-20-7-5-18(14-25(20)62(47,48)49)59(39,40)12-10-57-64(53,54)55)15-23(35-33-21-13-19(60(41,42)43)6-8-24(21)61(44,45)46)27(30)28(26)36-31-16-1-3-17(4-2-16)58(37,38)11-9-56-63(50,51)52/h1-8,13-15H,9-12,29-30H2,(H,41,42,43)(H,44,45,46)(H,47,48,49)(H,50,51,52)(H,53,54,55). The Kier molecular flexibility index (Phi) is 15.2. The number of hydrogen-bond donors (Lipinski definition) is 7. The van der Waals surface area contributed by atoms with Crippen LogP contribution in [0.25, 0.3) is 0 Å². The van der Waals surface area contributed by atoms with Crippen molar-refractivity contribution in [3.8, 4) is 0 Å². The molecule has 0 fully saturated rings. The topological polar surface area (TPSA) is 485 Å². The largest absolute Gasteiger partial charge is 0.397 e. The normalized spacial score (nSPS) is 13.6. The average Bonchev–Trinajstić information content (AvgIpc) is 3.15. The van der Waals surface area contributed by atoms with Crippen LogP contribution in [0.3, 0.4) is 0 Å². The maximum atomic E-state index is 12.7. The fourth-order valence-electron chi connectivity index (χ4n) is 4.65. The van der Waals surface area contributed by atoms with E-state index in [1.807, 2.05) is 0 Å². The molecule has 0 aliphatic carbocycles. The first-order valence-electron chi connectivity index (χ1n) is 16.1. The van der Waals surface area contributed by atoms with Gasteiger partial charge in [-0.3, -0.25) is 22.8 Å². The summed E-state index contributed by atoms with van der Waals surface area (Å²) in [5.74, 6) is -1.99. The molecule has 0 aromatic heterocycles. The summed E-state index contributed by atoms with van der Waals surface area (Å²) in [6, 6.07) is 8.61. The van der Waals surface area contributed by atoms with Crippen LogP contribution in [0, 0.1) is 0 Å². The van der Waals surface area contributed by atoms with Crippen LogP contribution in [0.1, 0.15) is 0 Å². The quantitative estimate of drug-likeness (QED) is 0.0403. The summed E-state index contributed by atoms with van der Waals surface area (Å²) in [6.07, 6.45) is 0. The van der Waals surface area contributed by atoms with Crippen LogP contribution in [0.5, 0.6) is 0 Å². The van der Waals surface area contributed by atoms with Crippen LogP contribution in [0.2, 0.25) is 0 Å². The van der Waals surface area contributed by atoms with Crippen LogP contribution in [-0.4, -0.2) is 106 Å². The molecule has 9 N–H and O–H groups in total. The Hall–Kier alpha value is -5.35. The maximum Gasteiger partial charge on any atom is 0.397 e. The molecule has 4 aromatic rings. The van der Waals surface area contributed by atoms with E-state index in [9.17, 15) is 72.6 Å². The van der Waals surface area contributed by atoms with Crippen LogP contribution in [0.4, 0.5) is 45.5 Å². The first-order chi connectivity index (χ1) is 29.2. The third-order valence-electron chi connectivity index (χ3n) is 7.57. The van der Waals surface area contributed by atoms with Crippen molar-refractivity contribution >= 4 is 116 Å². The summed E-state index contributed by atoms with van der Waals surface area (Å²) in [4.78, 5) is -4.29. The van der Waals surface area contributed by atoms with Crippen LogP contribution in [-0.2, 0) is 79.2 Å². The maximum absolute atomic E-state index is 12.7. The molecule has 64 heavy (non-hydrogen) atoms. The molecule has 0 aliphatic rings. The fourth-order valence-corrected chi connectivity index (χ4v) is 9.48. The average molecular weight is 1040 g/mol. The van der Waals surface area contributed by atoms with Gasteiger partial charge in [0.2, 0.25) is 0 Å². The van der Waals surface area contributed by atoms with E-state index in [1.54, 1.807) is 0 Å². The molecule has 4 aromatic carbocycles. The monoisotopic (exact) mass is 1040 g/mol. The highest BCUT2D eigenvalue weighted by Crippen LogP contribution is 2.46. The second-order valence-electron chi connectivity index (χ2n) is 12.0. The van der Waals surface area contributed by atoms with Crippen molar-refractivity contribution in [3.05, 3.63) is 66.7 Å². The Bertz CT molecular complexity index is 3400. The van der Waals surface area contributed by atoms with E-state index in [2.05, 4.69) is 39.1 Å². The number of benzene rings is 4. The molecular weight excluding hydrogens is 1010 g/mol. The van der Waals surface area contributed by atoms with Gasteiger partial charge in [0.25, 0.3) is 30.4 Å². The summed E-state index contributed by atoms with van der Waals surface area (Å²) in [6.45, 7) is -2.03. The molecular formula is C28H28N8O21S7. The summed E-state index contributed by atoms with van der Waals surface area (Å²) >= 11 is 0. The van der Waals surface area contributed by atoms with Gasteiger partial charge in [-0.15, -0.1) is 25.6 Å². The summed E-state index contributed by atoms with van der Waals surface area (Å²) in [5, 5.41) is 22.6. The summed E-state index contributed by atoms with van der Waals surface area (Å²) in [7, 11) is -34.2. The van der Waals surface area contributed by atoms with Gasteiger partial charge in [-0.1, -0.05) is 0 Å². The Labute approximate surface area is 362 Å². The molecule has 0 spiro atoms. The zero-order chi connectivity index (χ0) is 48.3. The van der Waals surface area contributed by atoms with Crippen molar-refractivity contribution < 1.29 is 90.1 Å². The summed E-state index contributed by atoms with van der Waals surface area (Å²) in [5.41, 5.74) is 7.88. The van der Waals surface area contributed by atoms with Crippen molar-refractivity contribution in [2.75, 3.05) is 36.2 Å². The van der Waals surface area contributed by atoms with Crippen molar-refractivity contribution in [3.63, 3.8) is 0 Å². The molecule has 0 aliphatic heterocycles. The molecule has 0 saturated heterocycles. The number of rotatable bonds is 19. The lowest BCUT2D eigenvalue weighted by Gasteiger charge is -2.10. The minimum absolute atomic E-state index is 0.112. The molecule has 0 bridgehead atoms. The minimum Gasteiger partial charge on any atom is -0.395 e. The Morgan fingerprint density at radius 2 is 0.859 bits per heavy atom. The van der Waals surface area contributed by atoms with Gasteiger partial charge in [0, 0.05) is 0 Å². The van der Waals surface area contributed by atoms with Crippen LogP contribution in [0.15, 0.2) is 122 Å². The van der Waals surface area contributed by atoms with E-state index in [0.717, 1.165) is 42.5 Å². The molecule has 36 heteroatoms. The van der Waals surface area contributed by atoms with Gasteiger partial charge in [0.15, 0.2) is 19.7 Å². The molecule has 348 valence electrons. The first-order valence-corrected chi connectivity index (χ1v) is 26.5. The van der Waals surface area contributed by atoms with Crippen molar-refractivity contribution in [2.24, 2.45) is 30.7 Å². The highest BCUT2D eigenvalue weighted by molar-refractivity contribution is 7.92. The third kappa shape index (κ3) is 14.1. The second kappa shape index (κ2) is 19.0. The molecule has 4 rings (SSSR count). The second-order valence-corrected chi connectivity index (χ2v) is 22.6. The van der Waals surface area contributed by atoms with Gasteiger partial charge >= 0.3 is 20.8 Å². The van der Waals surface area contributed by atoms with E-state index >= 15 is 0 Å². The molecule has 0 atom stereocenters. The number of hydrogen-bond acceptors (Lipinski definition) is 24. The van der Waals surface area contributed by atoms with E-state index in [-0.39, 0.29) is 10.6 Å². The van der Waals surface area contributed by atoms with Gasteiger partial charge in [0.1, 0.15) is 38.2 Å². The lowest BCUT2D eigenvalue weighted by Crippen LogP contribution is -2.16. The van der Waals surface area contributed by atoms with Crippen LogP contribution >= 0.6 is 0 Å². The highest BCUT2D eigenvalue weighted by atomic mass is 32.3. The zero-order valence-electron chi connectivity index (χ0n) is 31.1. The van der Waals surface area contributed by atoms with E-state index in [0.29, 0.717) is 24.3 Å². The molecule has 0 amide bonds. The molecule has 29 nitrogen and oxygen atoms in total. The van der Waals surface area contributed by atoms with E-state index in [4.69, 9.17) is 20.6 Å². The first kappa shape index (κ1) is 51.3.